The number of esters is 1. The summed E-state index contributed by atoms with van der Waals surface area (Å²) in [5, 5.41) is 0. The summed E-state index contributed by atoms with van der Waals surface area (Å²) >= 11 is 0. The Bertz CT molecular complexity index is 1300. The largest absolute Gasteiger partial charge is 0.426 e. The Morgan fingerprint density at radius 3 is 1.74 bits per heavy atom. The van der Waals surface area contributed by atoms with Crippen LogP contribution in [0.15, 0.2) is 72.8 Å². The van der Waals surface area contributed by atoms with Crippen LogP contribution >= 0.6 is 0 Å². The van der Waals surface area contributed by atoms with E-state index in [2.05, 4.69) is 31.2 Å². The smallest absolute Gasteiger partial charge is 0.311 e. The minimum Gasteiger partial charge on any atom is -0.426 e. The lowest BCUT2D eigenvalue weighted by molar-refractivity contribution is -0.134. The highest BCUT2D eigenvalue weighted by Crippen LogP contribution is 2.61. The molecule has 0 saturated carbocycles. The van der Waals surface area contributed by atoms with Gasteiger partial charge in [0.15, 0.2) is 0 Å². The van der Waals surface area contributed by atoms with Crippen LogP contribution in [0.25, 0.3) is 0 Å². The molecule has 3 aromatic carbocycles. The van der Waals surface area contributed by atoms with Gasteiger partial charge in [0.25, 0.3) is 0 Å². The first-order chi connectivity index (χ1) is 19.1. The molecule has 1 aliphatic heterocycles. The number of amides is 2. The lowest BCUT2D eigenvalue weighted by atomic mass is 9.55. The Labute approximate surface area is 230 Å². The van der Waals surface area contributed by atoms with E-state index in [9.17, 15) is 14.4 Å². The Morgan fingerprint density at radius 2 is 1.21 bits per heavy atom. The number of carbonyl (C=O) groups excluding carboxylic acids is 3. The van der Waals surface area contributed by atoms with Gasteiger partial charge in [-0.2, -0.15) is 0 Å². The molecule has 7 rings (SSSR count). The molecule has 0 N–H and O–H groups in total. The van der Waals surface area contributed by atoms with Gasteiger partial charge in [0.2, 0.25) is 11.8 Å². The van der Waals surface area contributed by atoms with Crippen LogP contribution in [-0.2, 0) is 14.4 Å². The van der Waals surface area contributed by atoms with Crippen molar-refractivity contribution < 1.29 is 19.1 Å². The van der Waals surface area contributed by atoms with Crippen molar-refractivity contribution in [2.75, 3.05) is 4.90 Å². The summed E-state index contributed by atoms with van der Waals surface area (Å²) in [5.41, 5.74) is 5.07. The van der Waals surface area contributed by atoms with Crippen molar-refractivity contribution in [3.05, 3.63) is 95.1 Å². The molecule has 0 aromatic heterocycles. The first-order valence-electron chi connectivity index (χ1n) is 14.5. The third-order valence-electron chi connectivity index (χ3n) is 8.74. The first-order valence-corrected chi connectivity index (χ1v) is 14.5. The normalized spacial score (nSPS) is 22.4. The van der Waals surface area contributed by atoms with Crippen LogP contribution in [0.3, 0.4) is 0 Å². The molecule has 200 valence electrons. The molecule has 1 fully saturated rings. The summed E-state index contributed by atoms with van der Waals surface area (Å²) in [7, 11) is 0. The number of ether oxygens (including phenoxy) is 1. The summed E-state index contributed by atoms with van der Waals surface area (Å²) in [4.78, 5) is 41.7. The van der Waals surface area contributed by atoms with Gasteiger partial charge in [-0.15, -0.1) is 0 Å². The fourth-order valence-corrected chi connectivity index (χ4v) is 7.03. The molecule has 0 radical (unpaired) electrons. The number of carbonyl (C=O) groups is 3. The van der Waals surface area contributed by atoms with Gasteiger partial charge in [0, 0.05) is 24.3 Å². The Morgan fingerprint density at radius 1 is 0.692 bits per heavy atom. The van der Waals surface area contributed by atoms with Gasteiger partial charge in [0.1, 0.15) is 5.75 Å². The van der Waals surface area contributed by atoms with E-state index in [0.29, 0.717) is 17.9 Å². The van der Waals surface area contributed by atoms with E-state index in [-0.39, 0.29) is 29.6 Å². The molecule has 5 nitrogen and oxygen atoms in total. The molecular weight excluding hydrogens is 486 g/mol. The van der Waals surface area contributed by atoms with E-state index in [0.717, 1.165) is 41.5 Å². The van der Waals surface area contributed by atoms with Gasteiger partial charge in [-0.3, -0.25) is 14.4 Å². The molecule has 1 saturated heterocycles. The molecule has 2 atom stereocenters. The highest BCUT2D eigenvalue weighted by molar-refractivity contribution is 6.23. The van der Waals surface area contributed by atoms with Gasteiger partial charge in [-0.1, -0.05) is 100 Å². The number of anilines is 1. The van der Waals surface area contributed by atoms with Crippen LogP contribution in [-0.4, -0.2) is 17.8 Å². The highest BCUT2D eigenvalue weighted by atomic mass is 16.5. The topological polar surface area (TPSA) is 63.7 Å². The molecule has 4 aliphatic rings. The van der Waals surface area contributed by atoms with Crippen LogP contribution in [0.2, 0.25) is 0 Å². The van der Waals surface area contributed by atoms with Gasteiger partial charge < -0.3 is 4.74 Å². The number of hydrogen-bond acceptors (Lipinski definition) is 4. The second-order valence-electron chi connectivity index (χ2n) is 11.1. The lowest BCUT2D eigenvalue weighted by Crippen LogP contribution is -2.41. The molecule has 0 spiro atoms. The van der Waals surface area contributed by atoms with Crippen molar-refractivity contribution in [2.45, 2.75) is 70.1 Å². The zero-order valence-corrected chi connectivity index (χ0v) is 22.5. The number of rotatable bonds is 10. The van der Waals surface area contributed by atoms with E-state index in [1.54, 1.807) is 24.3 Å². The third-order valence-corrected chi connectivity index (χ3v) is 8.74. The number of imide groups is 1. The van der Waals surface area contributed by atoms with Gasteiger partial charge in [0.05, 0.1) is 17.5 Å². The van der Waals surface area contributed by atoms with Gasteiger partial charge in [-0.05, 0) is 40.8 Å². The predicted octanol–water partition coefficient (Wildman–Crippen LogP) is 7.13. The van der Waals surface area contributed by atoms with E-state index in [1.807, 2.05) is 24.3 Å². The molecule has 3 aromatic rings. The van der Waals surface area contributed by atoms with Crippen LogP contribution < -0.4 is 9.64 Å². The standard InChI is InChI=1S/C34H35NO4/c1-2-3-4-5-6-7-8-20-28(36)39-23-15-13-14-22(21-23)35-33(37)31-29-24-16-9-10-17-25(24)30(32(31)34(35)38)27-19-12-11-18-26(27)29/h9-19,21,29-32H,2-8,20H2,1H3. The maximum absolute atomic E-state index is 14.0. The fourth-order valence-electron chi connectivity index (χ4n) is 7.03. The molecule has 2 amide bonds. The van der Waals surface area contributed by atoms with Crippen molar-refractivity contribution >= 4 is 23.5 Å². The fraction of sp³-hybridized carbons (Fsp3) is 0.382. The zero-order chi connectivity index (χ0) is 26.9. The monoisotopic (exact) mass is 521 g/mol. The minimum atomic E-state index is -0.434. The molecule has 1 heterocycles. The van der Waals surface area contributed by atoms with Crippen molar-refractivity contribution in [3.8, 4) is 5.75 Å². The summed E-state index contributed by atoms with van der Waals surface area (Å²) < 4.78 is 5.62. The Hall–Kier alpha value is -3.73. The Kier molecular flexibility index (Phi) is 7.07. The minimum absolute atomic E-state index is 0.142. The summed E-state index contributed by atoms with van der Waals surface area (Å²) in [6.45, 7) is 2.20. The first kappa shape index (κ1) is 25.5. The van der Waals surface area contributed by atoms with E-state index < -0.39 is 11.8 Å². The molecule has 2 unspecified atom stereocenters. The van der Waals surface area contributed by atoms with Crippen molar-refractivity contribution in [1.29, 1.82) is 0 Å². The maximum atomic E-state index is 14.0. The van der Waals surface area contributed by atoms with E-state index in [4.69, 9.17) is 4.74 Å². The average Bonchev–Trinajstić information content (AvgIpc) is 3.23. The summed E-state index contributed by atoms with van der Waals surface area (Å²) in [5.74, 6) is -1.41. The van der Waals surface area contributed by atoms with Crippen molar-refractivity contribution in [3.63, 3.8) is 0 Å². The molecule has 5 heteroatoms. The maximum Gasteiger partial charge on any atom is 0.311 e. The van der Waals surface area contributed by atoms with E-state index in [1.165, 1.54) is 30.6 Å². The third kappa shape index (κ3) is 4.48. The number of benzene rings is 3. The second kappa shape index (κ2) is 10.8. The number of unbranched alkanes of at least 4 members (excludes halogenated alkanes) is 6. The second-order valence-corrected chi connectivity index (χ2v) is 11.1. The average molecular weight is 522 g/mol. The van der Waals surface area contributed by atoms with Crippen molar-refractivity contribution in [2.24, 2.45) is 11.8 Å². The SMILES string of the molecule is CCCCCCCCCC(=O)Oc1cccc(N2C(=O)C3C4c5ccccc5C(c5ccccc54)C3C2=O)c1. The van der Waals surface area contributed by atoms with Gasteiger partial charge >= 0.3 is 5.97 Å². The molecule has 2 bridgehead atoms. The van der Waals surface area contributed by atoms with Gasteiger partial charge in [-0.25, -0.2) is 4.90 Å². The molecule has 3 aliphatic carbocycles. The quantitative estimate of drug-likeness (QED) is 0.123. The summed E-state index contributed by atoms with van der Waals surface area (Å²) in [6.07, 6.45) is 8.29. The van der Waals surface area contributed by atoms with Crippen LogP contribution in [0, 0.1) is 11.8 Å². The molecule has 39 heavy (non-hydrogen) atoms. The molecular formula is C34H35NO4. The van der Waals surface area contributed by atoms with Crippen LogP contribution in [0.5, 0.6) is 5.75 Å². The highest BCUT2D eigenvalue weighted by Gasteiger charge is 2.61. The van der Waals surface area contributed by atoms with Crippen LogP contribution in [0.1, 0.15) is 92.4 Å². The Balaban J connectivity index is 1.19. The zero-order valence-electron chi connectivity index (χ0n) is 22.5. The summed E-state index contributed by atoms with van der Waals surface area (Å²) in [6, 6.07) is 23.3. The number of nitrogens with zero attached hydrogens (tertiary/aromatic N) is 1. The van der Waals surface area contributed by atoms with Crippen LogP contribution in [0.4, 0.5) is 5.69 Å². The predicted molar refractivity (Wildman–Crippen MR) is 151 cm³/mol. The number of hydrogen-bond donors (Lipinski definition) is 0. The lowest BCUT2D eigenvalue weighted by Gasteiger charge is -2.45. The van der Waals surface area contributed by atoms with E-state index >= 15 is 0 Å². The van der Waals surface area contributed by atoms with Crippen molar-refractivity contribution in [1.82, 2.24) is 0 Å².